The Morgan fingerprint density at radius 1 is 1.32 bits per heavy atom. The van der Waals surface area contributed by atoms with Crippen LogP contribution < -0.4 is 16.0 Å². The Hall–Kier alpha value is -3.73. The van der Waals surface area contributed by atoms with Crippen molar-refractivity contribution in [1.29, 1.82) is 0 Å². The molecule has 1 saturated heterocycles. The van der Waals surface area contributed by atoms with E-state index in [1.54, 1.807) is 36.5 Å². The standard InChI is InChI=1S/C22H25FN8O3/c1-24-20-10-19(28-21-14(11-25-31(20)21)22(34)27-17-9-15(17)23)26-16-3-2-6-30(18(16)12-32)29-7-4-13(33)5-8-29/h2-3,6,10-11,13,15,17,24,33H,4-5,7-9H2,1H3,(H,26,28)(H,27,34)/t15-,17+/m0/s1. The number of anilines is 2. The quantitative estimate of drug-likeness (QED) is 0.456. The number of fused-ring (bicyclic) bond motifs is 1. The van der Waals surface area contributed by atoms with E-state index < -0.39 is 18.1 Å². The van der Waals surface area contributed by atoms with E-state index in [4.69, 9.17) is 0 Å². The first-order valence-electron chi connectivity index (χ1n) is 11.1. The summed E-state index contributed by atoms with van der Waals surface area (Å²) in [5.74, 6) is 2.50. The van der Waals surface area contributed by atoms with Crippen molar-refractivity contribution in [3.05, 3.63) is 47.6 Å². The van der Waals surface area contributed by atoms with Crippen LogP contribution in [0.25, 0.3) is 5.65 Å². The molecule has 0 radical (unpaired) electrons. The van der Waals surface area contributed by atoms with Gasteiger partial charge in [0.1, 0.15) is 23.4 Å². The fourth-order valence-corrected chi connectivity index (χ4v) is 4.07. The number of rotatable bonds is 6. The Kier molecular flexibility index (Phi) is 5.78. The van der Waals surface area contributed by atoms with E-state index in [1.165, 1.54) is 10.7 Å². The molecule has 1 aliphatic carbocycles. The van der Waals surface area contributed by atoms with Crippen LogP contribution in [-0.2, 0) is 4.79 Å². The van der Waals surface area contributed by atoms with Crippen molar-refractivity contribution in [2.24, 2.45) is 0 Å². The van der Waals surface area contributed by atoms with Gasteiger partial charge in [0.25, 0.3) is 5.91 Å². The van der Waals surface area contributed by atoms with E-state index in [0.717, 1.165) is 0 Å². The highest BCUT2D eigenvalue weighted by Crippen LogP contribution is 2.28. The summed E-state index contributed by atoms with van der Waals surface area (Å²) >= 11 is 0. The van der Waals surface area contributed by atoms with Crippen LogP contribution in [0.2, 0.25) is 0 Å². The van der Waals surface area contributed by atoms with E-state index in [9.17, 15) is 19.1 Å². The number of carbonyl (C=O) groups excluding carboxylic acids is 2. The molecule has 2 aliphatic heterocycles. The molecule has 2 aromatic heterocycles. The average Bonchev–Trinajstić information content (AvgIpc) is 3.36. The predicted molar refractivity (Wildman–Crippen MR) is 122 cm³/mol. The lowest BCUT2D eigenvalue weighted by atomic mass is 10.1. The normalized spacial score (nSPS) is 23.0. The van der Waals surface area contributed by atoms with Crippen LogP contribution in [0.4, 0.5) is 16.0 Å². The lowest BCUT2D eigenvalue weighted by Gasteiger charge is -2.39. The van der Waals surface area contributed by atoms with Crippen molar-refractivity contribution in [2.45, 2.75) is 37.6 Å². The molecule has 1 saturated carbocycles. The van der Waals surface area contributed by atoms with Crippen molar-refractivity contribution < 1.29 is 19.1 Å². The molecule has 2 atom stereocenters. The number of aromatic nitrogens is 3. The zero-order valence-corrected chi connectivity index (χ0v) is 18.5. The number of nitrogens with one attached hydrogen (secondary N) is 3. The van der Waals surface area contributed by atoms with Gasteiger partial charge < -0.3 is 21.1 Å². The Morgan fingerprint density at radius 3 is 2.76 bits per heavy atom. The van der Waals surface area contributed by atoms with Gasteiger partial charge in [-0.1, -0.05) is 0 Å². The third-order valence-electron chi connectivity index (χ3n) is 6.08. The molecule has 178 valence electrons. The number of piperidine rings is 1. The Balaban J connectivity index is 1.42. The second-order valence-corrected chi connectivity index (χ2v) is 8.43. The molecule has 2 aromatic rings. The molecule has 2 fully saturated rings. The maximum absolute atomic E-state index is 13.3. The number of allylic oxidation sites excluding steroid dienone is 2. The molecule has 0 spiro atoms. The molecular formula is C22H25FN8O3. The number of hydrogen-bond donors (Lipinski definition) is 4. The summed E-state index contributed by atoms with van der Waals surface area (Å²) in [6, 6.07) is 1.22. The van der Waals surface area contributed by atoms with Crippen molar-refractivity contribution in [3.8, 4) is 0 Å². The van der Waals surface area contributed by atoms with E-state index in [-0.39, 0.29) is 23.0 Å². The summed E-state index contributed by atoms with van der Waals surface area (Å²) in [4.78, 5) is 29.1. The maximum Gasteiger partial charge on any atom is 0.257 e. The highest BCUT2D eigenvalue weighted by Gasteiger charge is 2.39. The first-order valence-corrected chi connectivity index (χ1v) is 11.1. The summed E-state index contributed by atoms with van der Waals surface area (Å²) in [5.41, 5.74) is 1.26. The number of halogens is 1. The number of aliphatic hydroxyl groups excluding tert-OH is 1. The van der Waals surface area contributed by atoms with E-state index in [2.05, 4.69) is 26.0 Å². The molecule has 34 heavy (non-hydrogen) atoms. The summed E-state index contributed by atoms with van der Waals surface area (Å²) in [7, 11) is 1.71. The Labute approximate surface area is 194 Å². The zero-order chi connectivity index (χ0) is 23.8. The van der Waals surface area contributed by atoms with Gasteiger partial charge >= 0.3 is 0 Å². The van der Waals surface area contributed by atoms with Crippen LogP contribution in [0, 0.1) is 0 Å². The van der Waals surface area contributed by atoms with E-state index in [1.807, 2.05) is 11.0 Å². The molecule has 3 aliphatic rings. The third-order valence-corrected chi connectivity index (χ3v) is 6.08. The summed E-state index contributed by atoms with van der Waals surface area (Å²) in [6.07, 6.45) is 6.88. The molecular weight excluding hydrogens is 443 g/mol. The van der Waals surface area contributed by atoms with Gasteiger partial charge in [-0.15, -0.1) is 0 Å². The molecule has 0 aromatic carbocycles. The van der Waals surface area contributed by atoms with Crippen molar-refractivity contribution in [3.63, 3.8) is 0 Å². The van der Waals surface area contributed by atoms with E-state index in [0.29, 0.717) is 49.7 Å². The van der Waals surface area contributed by atoms with Crippen LogP contribution in [0.1, 0.15) is 29.6 Å². The minimum atomic E-state index is -1.02. The van der Waals surface area contributed by atoms with Gasteiger partial charge in [-0.3, -0.25) is 9.80 Å². The molecule has 4 heterocycles. The monoisotopic (exact) mass is 468 g/mol. The Morgan fingerprint density at radius 2 is 2.09 bits per heavy atom. The summed E-state index contributed by atoms with van der Waals surface area (Å²) < 4.78 is 14.7. The highest BCUT2D eigenvalue weighted by atomic mass is 19.1. The van der Waals surface area contributed by atoms with Gasteiger partial charge in [-0.25, -0.2) is 19.2 Å². The van der Waals surface area contributed by atoms with Crippen LogP contribution in [0.3, 0.4) is 0 Å². The minimum absolute atomic E-state index is 0.219. The predicted octanol–water partition coefficient (Wildman–Crippen LogP) is 0.823. The maximum atomic E-state index is 13.3. The first-order chi connectivity index (χ1) is 16.5. The van der Waals surface area contributed by atoms with Crippen molar-refractivity contribution in [2.75, 3.05) is 30.8 Å². The smallest absolute Gasteiger partial charge is 0.257 e. The zero-order valence-electron chi connectivity index (χ0n) is 18.5. The second kappa shape index (κ2) is 8.90. The van der Waals surface area contributed by atoms with Crippen LogP contribution in [0.15, 0.2) is 42.0 Å². The number of hydrazine groups is 1. The summed E-state index contributed by atoms with van der Waals surface area (Å²) in [6.45, 7) is 1.21. The largest absolute Gasteiger partial charge is 0.393 e. The van der Waals surface area contributed by atoms with Crippen molar-refractivity contribution in [1.82, 2.24) is 29.9 Å². The van der Waals surface area contributed by atoms with Gasteiger partial charge in [0.05, 0.1) is 24.0 Å². The average molecular weight is 468 g/mol. The lowest BCUT2D eigenvalue weighted by Crippen LogP contribution is -2.46. The molecule has 0 unspecified atom stereocenters. The van der Waals surface area contributed by atoms with Gasteiger partial charge in [-0.2, -0.15) is 9.61 Å². The first kappa shape index (κ1) is 22.1. The fraction of sp³-hybridized carbons (Fsp3) is 0.409. The molecule has 11 nitrogen and oxygen atoms in total. The molecule has 12 heteroatoms. The van der Waals surface area contributed by atoms with Crippen LogP contribution in [0.5, 0.6) is 0 Å². The minimum Gasteiger partial charge on any atom is -0.393 e. The molecule has 4 N–H and O–H groups in total. The van der Waals surface area contributed by atoms with E-state index >= 15 is 0 Å². The third kappa shape index (κ3) is 4.14. The van der Waals surface area contributed by atoms with Gasteiger partial charge in [0.2, 0.25) is 0 Å². The number of nitrogens with zero attached hydrogens (tertiary/aromatic N) is 5. The molecule has 5 rings (SSSR count). The van der Waals surface area contributed by atoms with Gasteiger partial charge in [0.15, 0.2) is 17.3 Å². The van der Waals surface area contributed by atoms with Gasteiger partial charge in [0, 0.05) is 38.8 Å². The topological polar surface area (TPSA) is 127 Å². The summed E-state index contributed by atoms with van der Waals surface area (Å²) in [5, 5.41) is 26.5. The molecule has 1 amide bonds. The number of hydrogen-bond acceptors (Lipinski definition) is 9. The number of alkyl halides is 1. The van der Waals surface area contributed by atoms with Crippen molar-refractivity contribution >= 4 is 29.1 Å². The Bertz CT molecular complexity index is 1230. The second-order valence-electron chi connectivity index (χ2n) is 8.43. The van der Waals surface area contributed by atoms with Crippen LogP contribution >= 0.6 is 0 Å². The lowest BCUT2D eigenvalue weighted by molar-refractivity contribution is -0.00847. The SMILES string of the molecule is CNc1cc(NC2=CC=CN(N3CCC(O)CC3)C2=C=O)nc2c(C(=O)N[C@@H]3C[C@@H]3F)cnn12. The van der Waals surface area contributed by atoms with Crippen LogP contribution in [-0.4, -0.2) is 80.0 Å². The van der Waals surface area contributed by atoms with Gasteiger partial charge in [-0.05, 0) is 25.0 Å². The molecule has 0 bridgehead atoms. The number of amides is 1. The number of carbonyl (C=O) groups is 1. The fourth-order valence-electron chi connectivity index (χ4n) is 4.07. The number of aliphatic hydroxyl groups is 1. The highest BCUT2D eigenvalue weighted by molar-refractivity contribution is 6.00.